The van der Waals surface area contributed by atoms with E-state index in [1.165, 1.54) is 0 Å². The zero-order valence-corrected chi connectivity index (χ0v) is 18.4. The lowest BCUT2D eigenvalue weighted by Gasteiger charge is -2.35. The highest BCUT2D eigenvalue weighted by atomic mass is 16.5. The Morgan fingerprint density at radius 1 is 1.10 bits per heavy atom. The van der Waals surface area contributed by atoms with Crippen LogP contribution >= 0.6 is 0 Å². The predicted octanol–water partition coefficient (Wildman–Crippen LogP) is 3.28. The van der Waals surface area contributed by atoms with Crippen molar-refractivity contribution in [1.82, 2.24) is 20.0 Å². The van der Waals surface area contributed by atoms with Crippen molar-refractivity contribution in [2.45, 2.75) is 19.8 Å². The fourth-order valence-electron chi connectivity index (χ4n) is 3.53. The third-order valence-electron chi connectivity index (χ3n) is 5.44. The van der Waals surface area contributed by atoms with Crippen LogP contribution in [0.1, 0.15) is 36.0 Å². The van der Waals surface area contributed by atoms with Gasteiger partial charge in [-0.25, -0.2) is 4.98 Å². The summed E-state index contributed by atoms with van der Waals surface area (Å²) in [6, 6.07) is 11.7. The summed E-state index contributed by atoms with van der Waals surface area (Å²) in [5, 5.41) is 4.04. The summed E-state index contributed by atoms with van der Waals surface area (Å²) in [6.07, 6.45) is 1.77. The van der Waals surface area contributed by atoms with Crippen LogP contribution in [0.2, 0.25) is 0 Å². The number of hydrogen-bond donors (Lipinski definition) is 0. The van der Waals surface area contributed by atoms with Gasteiger partial charge in [0.05, 0.1) is 0 Å². The Kier molecular flexibility index (Phi) is 5.88. The molecule has 0 unspecified atom stereocenters. The first-order chi connectivity index (χ1) is 14.9. The van der Waals surface area contributed by atoms with Crippen LogP contribution in [0.15, 0.2) is 47.1 Å². The number of pyridine rings is 1. The second-order valence-corrected chi connectivity index (χ2v) is 8.24. The molecule has 0 aliphatic carbocycles. The largest absolute Gasteiger partial charge is 0.378 e. The number of amides is 1. The Labute approximate surface area is 182 Å². The molecule has 0 bridgehead atoms. The van der Waals surface area contributed by atoms with E-state index in [0.717, 1.165) is 35.7 Å². The molecule has 2 aromatic heterocycles. The van der Waals surface area contributed by atoms with Gasteiger partial charge in [0, 0.05) is 69.2 Å². The molecule has 1 aliphatic rings. The molecule has 0 atom stereocenters. The molecular weight excluding hydrogens is 392 g/mol. The Hall–Kier alpha value is -3.42. The number of anilines is 2. The van der Waals surface area contributed by atoms with Crippen LogP contribution in [0, 0.1) is 0 Å². The zero-order valence-electron chi connectivity index (χ0n) is 18.4. The highest BCUT2D eigenvalue weighted by Gasteiger charge is 2.23. The summed E-state index contributed by atoms with van der Waals surface area (Å²) in [6.45, 7) is 6.84. The van der Waals surface area contributed by atoms with E-state index in [2.05, 4.69) is 20.0 Å². The van der Waals surface area contributed by atoms with Crippen molar-refractivity contribution >= 4 is 17.4 Å². The van der Waals surface area contributed by atoms with Gasteiger partial charge in [-0.1, -0.05) is 25.1 Å². The average Bonchev–Trinajstić information content (AvgIpc) is 3.30. The van der Waals surface area contributed by atoms with E-state index in [4.69, 9.17) is 4.52 Å². The van der Waals surface area contributed by atoms with Gasteiger partial charge in [0.1, 0.15) is 5.82 Å². The lowest BCUT2D eigenvalue weighted by molar-refractivity contribution is 0.0746. The van der Waals surface area contributed by atoms with Crippen molar-refractivity contribution in [3.05, 3.63) is 54.0 Å². The van der Waals surface area contributed by atoms with Crippen LogP contribution in [0.25, 0.3) is 11.4 Å². The highest BCUT2D eigenvalue weighted by molar-refractivity contribution is 5.95. The highest BCUT2D eigenvalue weighted by Crippen LogP contribution is 2.22. The maximum atomic E-state index is 12.9. The normalized spacial score (nSPS) is 14.2. The lowest BCUT2D eigenvalue weighted by Crippen LogP contribution is -2.49. The number of aromatic nitrogens is 3. The first kappa shape index (κ1) is 20.8. The lowest BCUT2D eigenvalue weighted by atomic mass is 10.1. The third-order valence-corrected chi connectivity index (χ3v) is 5.44. The molecule has 31 heavy (non-hydrogen) atoms. The summed E-state index contributed by atoms with van der Waals surface area (Å²) in [7, 11) is 3.95. The number of hydrogen-bond acceptors (Lipinski definition) is 7. The van der Waals surface area contributed by atoms with Crippen LogP contribution in [0.3, 0.4) is 0 Å². The minimum Gasteiger partial charge on any atom is -0.378 e. The summed E-state index contributed by atoms with van der Waals surface area (Å²) < 4.78 is 5.28. The standard InChI is InChI=1S/C23H28N6O2/c1-16(2)22-25-21(26-31-22)18-8-9-20(24-15-18)28-10-12-29(13-11-28)23(30)17-6-5-7-19(14-17)27(3)4/h5-9,14-16H,10-13H2,1-4H3. The summed E-state index contributed by atoms with van der Waals surface area (Å²) in [5.74, 6) is 2.33. The van der Waals surface area contributed by atoms with Crippen LogP contribution in [-0.2, 0) is 0 Å². The van der Waals surface area contributed by atoms with E-state index in [1.54, 1.807) is 6.20 Å². The number of rotatable bonds is 5. The molecule has 3 aromatic rings. The number of piperazine rings is 1. The van der Waals surface area contributed by atoms with Crippen LogP contribution in [0.5, 0.6) is 0 Å². The van der Waals surface area contributed by atoms with Crippen molar-refractivity contribution in [2.24, 2.45) is 0 Å². The summed E-state index contributed by atoms with van der Waals surface area (Å²) >= 11 is 0. The van der Waals surface area contributed by atoms with E-state index >= 15 is 0 Å². The van der Waals surface area contributed by atoms with Crippen molar-refractivity contribution in [1.29, 1.82) is 0 Å². The third kappa shape index (κ3) is 4.52. The molecule has 0 spiro atoms. The predicted molar refractivity (Wildman–Crippen MR) is 121 cm³/mol. The Balaban J connectivity index is 1.38. The van der Waals surface area contributed by atoms with E-state index in [-0.39, 0.29) is 11.8 Å². The molecule has 162 valence electrons. The molecule has 0 saturated carbocycles. The second kappa shape index (κ2) is 8.75. The van der Waals surface area contributed by atoms with Crippen LogP contribution in [0.4, 0.5) is 11.5 Å². The Morgan fingerprint density at radius 3 is 2.48 bits per heavy atom. The maximum absolute atomic E-state index is 12.9. The summed E-state index contributed by atoms with van der Waals surface area (Å²) in [4.78, 5) is 28.0. The number of nitrogens with zero attached hydrogens (tertiary/aromatic N) is 6. The van der Waals surface area contributed by atoms with Gasteiger partial charge in [-0.05, 0) is 30.3 Å². The number of benzene rings is 1. The summed E-state index contributed by atoms with van der Waals surface area (Å²) in [5.41, 5.74) is 2.58. The van der Waals surface area contributed by atoms with E-state index in [0.29, 0.717) is 24.8 Å². The average molecular weight is 421 g/mol. The molecule has 0 N–H and O–H groups in total. The molecule has 1 aliphatic heterocycles. The topological polar surface area (TPSA) is 78.6 Å². The van der Waals surface area contributed by atoms with Gasteiger partial charge in [0.25, 0.3) is 5.91 Å². The van der Waals surface area contributed by atoms with Gasteiger partial charge in [-0.3, -0.25) is 4.79 Å². The van der Waals surface area contributed by atoms with Gasteiger partial charge < -0.3 is 19.2 Å². The SMILES string of the molecule is CC(C)c1nc(-c2ccc(N3CCN(C(=O)c4cccc(N(C)C)c4)CC3)nc2)no1. The van der Waals surface area contributed by atoms with Gasteiger partial charge in [0.15, 0.2) is 0 Å². The number of carbonyl (C=O) groups excluding carboxylic acids is 1. The molecule has 3 heterocycles. The Morgan fingerprint density at radius 2 is 1.87 bits per heavy atom. The van der Waals surface area contributed by atoms with Crippen molar-refractivity contribution in [3.8, 4) is 11.4 Å². The fourth-order valence-corrected chi connectivity index (χ4v) is 3.53. The molecule has 8 nitrogen and oxygen atoms in total. The molecule has 1 aromatic carbocycles. The minimum atomic E-state index is 0.0738. The fraction of sp³-hybridized carbons (Fsp3) is 0.391. The molecule has 1 fully saturated rings. The van der Waals surface area contributed by atoms with Crippen molar-refractivity contribution < 1.29 is 9.32 Å². The van der Waals surface area contributed by atoms with E-state index < -0.39 is 0 Å². The quantitative estimate of drug-likeness (QED) is 0.627. The smallest absolute Gasteiger partial charge is 0.254 e. The van der Waals surface area contributed by atoms with Gasteiger partial charge >= 0.3 is 0 Å². The van der Waals surface area contributed by atoms with Gasteiger partial charge in [0.2, 0.25) is 11.7 Å². The molecule has 4 rings (SSSR count). The molecule has 1 saturated heterocycles. The van der Waals surface area contributed by atoms with E-state index in [1.807, 2.05) is 74.1 Å². The molecular formula is C23H28N6O2. The first-order valence-corrected chi connectivity index (χ1v) is 10.5. The maximum Gasteiger partial charge on any atom is 0.254 e. The van der Waals surface area contributed by atoms with Gasteiger partial charge in [-0.2, -0.15) is 4.98 Å². The zero-order chi connectivity index (χ0) is 22.0. The van der Waals surface area contributed by atoms with Crippen LogP contribution < -0.4 is 9.80 Å². The number of carbonyl (C=O) groups is 1. The second-order valence-electron chi connectivity index (χ2n) is 8.24. The Bertz CT molecular complexity index is 1040. The van der Waals surface area contributed by atoms with Crippen LogP contribution in [-0.4, -0.2) is 66.2 Å². The van der Waals surface area contributed by atoms with E-state index in [9.17, 15) is 4.79 Å². The molecule has 1 amide bonds. The molecule has 0 radical (unpaired) electrons. The first-order valence-electron chi connectivity index (χ1n) is 10.5. The van der Waals surface area contributed by atoms with Crippen molar-refractivity contribution in [3.63, 3.8) is 0 Å². The van der Waals surface area contributed by atoms with Gasteiger partial charge in [-0.15, -0.1) is 0 Å². The molecule has 8 heteroatoms. The monoisotopic (exact) mass is 420 g/mol. The van der Waals surface area contributed by atoms with Crippen molar-refractivity contribution in [2.75, 3.05) is 50.1 Å². The minimum absolute atomic E-state index is 0.0738.